The number of likely N-dealkylation sites (tertiary alicyclic amines) is 1. The van der Waals surface area contributed by atoms with Gasteiger partial charge in [0.05, 0.1) is 5.56 Å². The van der Waals surface area contributed by atoms with Crippen LogP contribution in [0.5, 0.6) is 0 Å². The molecule has 0 N–H and O–H groups in total. The smallest absolute Gasteiger partial charge is 0.249 e. The van der Waals surface area contributed by atoms with Crippen LogP contribution in [0.15, 0.2) is 34.9 Å². The molecule has 0 unspecified atom stereocenters. The Labute approximate surface area is 152 Å². The molecule has 0 bridgehead atoms. The lowest BCUT2D eigenvalue weighted by Crippen LogP contribution is -2.34. The molecule has 0 aliphatic carbocycles. The standard InChI is InChI=1S/C20H24N4O2/c1-2-18-21-22-20(26-18)16-13-24(17-10-6-5-9-15(16)17)14-19(25)23-11-7-3-4-8-12-23/h5-6,9-10,13H,2-4,7-8,11-12,14H2,1H3. The first-order valence-electron chi connectivity index (χ1n) is 9.44. The average molecular weight is 352 g/mol. The second-order valence-electron chi connectivity index (χ2n) is 6.84. The Bertz CT molecular complexity index is 904. The van der Waals surface area contributed by atoms with E-state index in [1.54, 1.807) is 0 Å². The van der Waals surface area contributed by atoms with Crippen molar-refractivity contribution in [2.24, 2.45) is 0 Å². The summed E-state index contributed by atoms with van der Waals surface area (Å²) in [5.74, 6) is 1.32. The zero-order chi connectivity index (χ0) is 17.9. The fraction of sp³-hybridized carbons (Fsp3) is 0.450. The maximum Gasteiger partial charge on any atom is 0.249 e. The van der Waals surface area contributed by atoms with Gasteiger partial charge in [-0.2, -0.15) is 0 Å². The Morgan fingerprint density at radius 1 is 1.12 bits per heavy atom. The highest BCUT2D eigenvalue weighted by atomic mass is 16.4. The number of aromatic nitrogens is 3. The molecule has 0 saturated carbocycles. The van der Waals surface area contributed by atoms with Gasteiger partial charge in [0.2, 0.25) is 17.7 Å². The van der Waals surface area contributed by atoms with E-state index in [0.717, 1.165) is 42.4 Å². The van der Waals surface area contributed by atoms with E-state index in [1.165, 1.54) is 12.8 Å². The number of benzene rings is 1. The monoisotopic (exact) mass is 352 g/mol. The Morgan fingerprint density at radius 2 is 1.88 bits per heavy atom. The predicted molar refractivity (Wildman–Crippen MR) is 99.7 cm³/mol. The summed E-state index contributed by atoms with van der Waals surface area (Å²) in [4.78, 5) is 14.8. The lowest BCUT2D eigenvalue weighted by molar-refractivity contribution is -0.131. The molecule has 136 valence electrons. The number of rotatable bonds is 4. The summed E-state index contributed by atoms with van der Waals surface area (Å²) in [6.07, 6.45) is 7.32. The third kappa shape index (κ3) is 3.23. The lowest BCUT2D eigenvalue weighted by Gasteiger charge is -2.20. The second kappa shape index (κ2) is 7.32. The van der Waals surface area contributed by atoms with Gasteiger partial charge in [0.15, 0.2) is 0 Å². The molecule has 1 fully saturated rings. The highest BCUT2D eigenvalue weighted by Gasteiger charge is 2.19. The van der Waals surface area contributed by atoms with Crippen molar-refractivity contribution < 1.29 is 9.21 Å². The second-order valence-corrected chi connectivity index (χ2v) is 6.84. The van der Waals surface area contributed by atoms with Crippen molar-refractivity contribution in [2.75, 3.05) is 13.1 Å². The molecule has 26 heavy (non-hydrogen) atoms. The van der Waals surface area contributed by atoms with Gasteiger partial charge in [-0.25, -0.2) is 0 Å². The van der Waals surface area contributed by atoms with Crippen molar-refractivity contribution in [1.29, 1.82) is 0 Å². The van der Waals surface area contributed by atoms with E-state index >= 15 is 0 Å². The predicted octanol–water partition coefficient (Wildman–Crippen LogP) is 3.66. The zero-order valence-corrected chi connectivity index (χ0v) is 15.1. The van der Waals surface area contributed by atoms with Crippen LogP contribution < -0.4 is 0 Å². The number of aryl methyl sites for hydroxylation is 1. The summed E-state index contributed by atoms with van der Waals surface area (Å²) in [5.41, 5.74) is 1.90. The number of carbonyl (C=O) groups excluding carboxylic acids is 1. The van der Waals surface area contributed by atoms with Gasteiger partial charge < -0.3 is 13.9 Å². The van der Waals surface area contributed by atoms with Crippen molar-refractivity contribution in [1.82, 2.24) is 19.7 Å². The largest absolute Gasteiger partial charge is 0.421 e. The number of para-hydroxylation sites is 1. The van der Waals surface area contributed by atoms with Crippen LogP contribution in [-0.4, -0.2) is 38.7 Å². The minimum atomic E-state index is 0.180. The molecule has 6 heteroatoms. The third-order valence-corrected chi connectivity index (χ3v) is 5.05. The van der Waals surface area contributed by atoms with E-state index in [2.05, 4.69) is 10.2 Å². The fourth-order valence-electron chi connectivity index (χ4n) is 3.62. The zero-order valence-electron chi connectivity index (χ0n) is 15.1. The Balaban J connectivity index is 1.66. The molecule has 1 amide bonds. The van der Waals surface area contributed by atoms with Crippen molar-refractivity contribution in [3.63, 3.8) is 0 Å². The molecule has 3 heterocycles. The molecule has 6 nitrogen and oxygen atoms in total. The summed E-state index contributed by atoms with van der Waals surface area (Å²) in [6, 6.07) is 8.05. The molecule has 1 aliphatic heterocycles. The molecular formula is C20H24N4O2. The van der Waals surface area contributed by atoms with Gasteiger partial charge in [-0.15, -0.1) is 10.2 Å². The molecular weight excluding hydrogens is 328 g/mol. The van der Waals surface area contributed by atoms with Crippen LogP contribution in [0.4, 0.5) is 0 Å². The first-order chi connectivity index (χ1) is 12.8. The molecule has 0 radical (unpaired) electrons. The van der Waals surface area contributed by atoms with Gasteiger partial charge in [0, 0.05) is 36.6 Å². The van der Waals surface area contributed by atoms with E-state index in [4.69, 9.17) is 4.42 Å². The highest BCUT2D eigenvalue weighted by Crippen LogP contribution is 2.30. The molecule has 4 rings (SSSR count). The number of hydrogen-bond donors (Lipinski definition) is 0. The molecule has 1 aliphatic rings. The Kier molecular flexibility index (Phi) is 4.73. The van der Waals surface area contributed by atoms with Crippen molar-refractivity contribution >= 4 is 16.8 Å². The molecule has 1 saturated heterocycles. The molecule has 0 spiro atoms. The third-order valence-electron chi connectivity index (χ3n) is 5.05. The van der Waals surface area contributed by atoms with E-state index < -0.39 is 0 Å². The van der Waals surface area contributed by atoms with Gasteiger partial charge >= 0.3 is 0 Å². The lowest BCUT2D eigenvalue weighted by atomic mass is 10.2. The van der Waals surface area contributed by atoms with Gasteiger partial charge in [-0.05, 0) is 18.9 Å². The highest BCUT2D eigenvalue weighted by molar-refractivity contribution is 5.94. The fourth-order valence-corrected chi connectivity index (χ4v) is 3.62. The van der Waals surface area contributed by atoms with Crippen LogP contribution >= 0.6 is 0 Å². The van der Waals surface area contributed by atoms with E-state index in [0.29, 0.717) is 24.7 Å². The van der Waals surface area contributed by atoms with Crippen LogP contribution in [0.1, 0.15) is 38.5 Å². The number of amides is 1. The van der Waals surface area contributed by atoms with Crippen LogP contribution in [0.25, 0.3) is 22.4 Å². The summed E-state index contributed by atoms with van der Waals surface area (Å²) >= 11 is 0. The minimum absolute atomic E-state index is 0.180. The molecule has 3 aromatic rings. The van der Waals surface area contributed by atoms with Gasteiger partial charge in [-0.1, -0.05) is 38.0 Å². The summed E-state index contributed by atoms with van der Waals surface area (Å²) < 4.78 is 7.75. The SMILES string of the molecule is CCc1nnc(-c2cn(CC(=O)N3CCCCCC3)c3ccccc23)o1. The minimum Gasteiger partial charge on any atom is -0.421 e. The summed E-state index contributed by atoms with van der Waals surface area (Å²) in [6.45, 7) is 4.07. The van der Waals surface area contributed by atoms with Gasteiger partial charge in [-0.3, -0.25) is 4.79 Å². The Hall–Kier alpha value is -2.63. The molecule has 1 aromatic carbocycles. The number of carbonyl (C=O) groups is 1. The van der Waals surface area contributed by atoms with Crippen molar-refractivity contribution in [2.45, 2.75) is 45.6 Å². The maximum absolute atomic E-state index is 12.8. The van der Waals surface area contributed by atoms with Gasteiger partial charge in [0.1, 0.15) is 6.54 Å². The normalized spacial score (nSPS) is 15.3. The topological polar surface area (TPSA) is 64.2 Å². The van der Waals surface area contributed by atoms with Crippen LogP contribution in [0, 0.1) is 0 Å². The number of nitrogens with zero attached hydrogens (tertiary/aromatic N) is 4. The van der Waals surface area contributed by atoms with Crippen LogP contribution in [0.2, 0.25) is 0 Å². The van der Waals surface area contributed by atoms with Crippen LogP contribution in [-0.2, 0) is 17.8 Å². The maximum atomic E-state index is 12.8. The summed E-state index contributed by atoms with van der Waals surface area (Å²) in [7, 11) is 0. The Morgan fingerprint density at radius 3 is 2.62 bits per heavy atom. The van der Waals surface area contributed by atoms with Crippen molar-refractivity contribution in [3.8, 4) is 11.5 Å². The number of hydrogen-bond acceptors (Lipinski definition) is 4. The quantitative estimate of drug-likeness (QED) is 0.719. The van der Waals surface area contributed by atoms with Crippen LogP contribution in [0.3, 0.4) is 0 Å². The molecule has 0 atom stereocenters. The van der Waals surface area contributed by atoms with E-state index in [1.807, 2.05) is 46.9 Å². The van der Waals surface area contributed by atoms with E-state index in [9.17, 15) is 4.79 Å². The number of fused-ring (bicyclic) bond motifs is 1. The first-order valence-corrected chi connectivity index (χ1v) is 9.44. The van der Waals surface area contributed by atoms with E-state index in [-0.39, 0.29) is 5.91 Å². The van der Waals surface area contributed by atoms with Crippen molar-refractivity contribution in [3.05, 3.63) is 36.4 Å². The average Bonchev–Trinajstić information content (AvgIpc) is 3.17. The van der Waals surface area contributed by atoms with Gasteiger partial charge in [0.25, 0.3) is 0 Å². The molecule has 2 aromatic heterocycles. The summed E-state index contributed by atoms with van der Waals surface area (Å²) in [5, 5.41) is 9.28. The first kappa shape index (κ1) is 16.8.